The Kier molecular flexibility index (Phi) is 4.69. The van der Waals surface area contributed by atoms with Crippen molar-refractivity contribution in [1.29, 1.82) is 0 Å². The molecule has 0 heterocycles. The van der Waals surface area contributed by atoms with Gasteiger partial charge in [0, 0.05) is 10.6 Å². The van der Waals surface area contributed by atoms with Gasteiger partial charge in [-0.1, -0.05) is 12.1 Å². The van der Waals surface area contributed by atoms with Crippen LogP contribution in [0, 0.1) is 0 Å². The predicted molar refractivity (Wildman–Crippen MR) is 57.4 cm³/mol. The van der Waals surface area contributed by atoms with E-state index in [1.165, 1.54) is 12.1 Å². The van der Waals surface area contributed by atoms with Crippen molar-refractivity contribution in [2.45, 2.75) is 15.5 Å². The third-order valence-electron chi connectivity index (χ3n) is 1.74. The van der Waals surface area contributed by atoms with E-state index in [2.05, 4.69) is 0 Å². The van der Waals surface area contributed by atoms with Gasteiger partial charge in [0.25, 0.3) is 0 Å². The van der Waals surface area contributed by atoms with Gasteiger partial charge in [-0.15, -0.1) is 11.8 Å². The first-order chi connectivity index (χ1) is 7.50. The first-order valence-corrected chi connectivity index (χ1v) is 6.88. The summed E-state index contributed by atoms with van der Waals surface area (Å²) in [6, 6.07) is 5.53. The number of halogens is 2. The summed E-state index contributed by atoms with van der Waals surface area (Å²) in [7, 11) is -4.57. The highest BCUT2D eigenvalue weighted by atomic mass is 32.2. The fourth-order valence-electron chi connectivity index (χ4n) is 1.06. The third-order valence-corrected chi connectivity index (χ3v) is 4.36. The summed E-state index contributed by atoms with van der Waals surface area (Å²) < 4.78 is 47.3. The minimum absolute atomic E-state index is 0.145. The zero-order valence-electron chi connectivity index (χ0n) is 8.14. The molecule has 0 fully saturated rings. The molecule has 16 heavy (non-hydrogen) atoms. The van der Waals surface area contributed by atoms with Crippen molar-refractivity contribution in [2.24, 2.45) is 0 Å². The lowest BCUT2D eigenvalue weighted by Crippen LogP contribution is -2.12. The van der Waals surface area contributed by atoms with Gasteiger partial charge in [0.15, 0.2) is 0 Å². The van der Waals surface area contributed by atoms with Gasteiger partial charge in [0.1, 0.15) is 0 Å². The van der Waals surface area contributed by atoms with Crippen molar-refractivity contribution in [2.75, 3.05) is 12.4 Å². The molecule has 0 aliphatic carbocycles. The van der Waals surface area contributed by atoms with Crippen LogP contribution in [-0.2, 0) is 9.84 Å². The highest BCUT2D eigenvalue weighted by Gasteiger charge is 2.28. The van der Waals surface area contributed by atoms with Crippen molar-refractivity contribution in [1.82, 2.24) is 0 Å². The fourth-order valence-corrected chi connectivity index (χ4v) is 3.09. The number of hydrogen-bond donors (Lipinski definition) is 1. The molecule has 1 aromatic carbocycles. The molecule has 0 atom stereocenters. The van der Waals surface area contributed by atoms with Gasteiger partial charge in [0.05, 0.1) is 11.5 Å². The summed E-state index contributed by atoms with van der Waals surface area (Å²) in [6.07, 6.45) is 0. The minimum atomic E-state index is -4.57. The average Bonchev–Trinajstić information content (AvgIpc) is 2.26. The Morgan fingerprint density at radius 3 is 2.50 bits per heavy atom. The first kappa shape index (κ1) is 13.4. The number of hydrogen-bond acceptors (Lipinski definition) is 4. The molecule has 0 amide bonds. The summed E-state index contributed by atoms with van der Waals surface area (Å²) in [4.78, 5) is -0.152. The van der Waals surface area contributed by atoms with Gasteiger partial charge < -0.3 is 5.11 Å². The molecule has 0 aliphatic heterocycles. The van der Waals surface area contributed by atoms with Gasteiger partial charge in [-0.25, -0.2) is 8.42 Å². The van der Waals surface area contributed by atoms with Crippen LogP contribution in [0.3, 0.4) is 0 Å². The number of rotatable bonds is 5. The molecule has 1 aromatic rings. The molecule has 0 unspecified atom stereocenters. The number of aliphatic hydroxyl groups excluding tert-OH is 1. The van der Waals surface area contributed by atoms with Crippen LogP contribution in [-0.4, -0.2) is 31.6 Å². The third kappa shape index (κ3) is 2.93. The maximum Gasteiger partial charge on any atom is 0.341 e. The molecule has 0 saturated carbocycles. The monoisotopic (exact) mass is 268 g/mol. The van der Waals surface area contributed by atoms with Crippen LogP contribution in [0.4, 0.5) is 8.78 Å². The summed E-state index contributed by atoms with van der Waals surface area (Å²) in [5, 5.41) is 8.61. The number of benzene rings is 1. The molecule has 0 spiro atoms. The Balaban J connectivity index is 3.13. The number of thioether (sulfide) groups is 1. The van der Waals surface area contributed by atoms with Crippen LogP contribution in [0.25, 0.3) is 0 Å². The number of aliphatic hydroxyl groups is 1. The molecule has 0 radical (unpaired) electrons. The second-order valence-corrected chi connectivity index (χ2v) is 5.85. The van der Waals surface area contributed by atoms with E-state index in [-0.39, 0.29) is 22.2 Å². The Labute approximate surface area is 96.4 Å². The standard InChI is InChI=1S/C9H10F2O3S2/c10-9(11)16(13,14)8-4-2-1-3-7(8)15-6-5-12/h1-4,9,12H,5-6H2. The van der Waals surface area contributed by atoms with Crippen LogP contribution in [0.1, 0.15) is 0 Å². The summed E-state index contributed by atoms with van der Waals surface area (Å²) in [5.41, 5.74) is 0. The van der Waals surface area contributed by atoms with Gasteiger partial charge in [-0.05, 0) is 12.1 Å². The van der Waals surface area contributed by atoms with Crippen LogP contribution >= 0.6 is 11.8 Å². The zero-order chi connectivity index (χ0) is 12.2. The van der Waals surface area contributed by atoms with Gasteiger partial charge in [0.2, 0.25) is 9.84 Å². The van der Waals surface area contributed by atoms with E-state index in [0.29, 0.717) is 0 Å². The largest absolute Gasteiger partial charge is 0.396 e. The first-order valence-electron chi connectivity index (χ1n) is 4.35. The fraction of sp³-hybridized carbons (Fsp3) is 0.333. The van der Waals surface area contributed by atoms with Crippen molar-refractivity contribution < 1.29 is 22.3 Å². The molecular formula is C9H10F2O3S2. The molecule has 1 rings (SSSR count). The molecule has 1 N–H and O–H groups in total. The highest BCUT2D eigenvalue weighted by molar-refractivity contribution is 8.00. The summed E-state index contributed by atoms with van der Waals surface area (Å²) in [6.45, 7) is -0.145. The lowest BCUT2D eigenvalue weighted by molar-refractivity contribution is 0.234. The summed E-state index contributed by atoms with van der Waals surface area (Å²) in [5.74, 6) is -3.17. The van der Waals surface area contributed by atoms with Crippen molar-refractivity contribution in [3.8, 4) is 0 Å². The van der Waals surface area contributed by atoms with Crippen LogP contribution in [0.2, 0.25) is 0 Å². The van der Waals surface area contributed by atoms with E-state index < -0.39 is 15.6 Å². The molecular weight excluding hydrogens is 258 g/mol. The molecule has 0 bridgehead atoms. The van der Waals surface area contributed by atoms with E-state index in [4.69, 9.17) is 5.11 Å². The molecule has 7 heteroatoms. The van der Waals surface area contributed by atoms with Gasteiger partial charge in [-0.2, -0.15) is 8.78 Å². The second-order valence-electron chi connectivity index (χ2n) is 2.82. The lowest BCUT2D eigenvalue weighted by Gasteiger charge is -2.08. The maximum atomic E-state index is 12.4. The van der Waals surface area contributed by atoms with Gasteiger partial charge in [-0.3, -0.25) is 0 Å². The van der Waals surface area contributed by atoms with Gasteiger partial charge >= 0.3 is 5.76 Å². The van der Waals surface area contributed by atoms with E-state index in [1.807, 2.05) is 0 Å². The molecule has 90 valence electrons. The Hall–Kier alpha value is -0.660. The molecule has 3 nitrogen and oxygen atoms in total. The van der Waals surface area contributed by atoms with Crippen molar-refractivity contribution >= 4 is 21.6 Å². The molecule has 0 saturated heterocycles. The van der Waals surface area contributed by atoms with Crippen LogP contribution in [0.5, 0.6) is 0 Å². The second kappa shape index (κ2) is 5.60. The predicted octanol–water partition coefficient (Wildman–Crippen LogP) is 1.77. The normalized spacial score (nSPS) is 12.0. The summed E-state index contributed by atoms with van der Waals surface area (Å²) >= 11 is 1.03. The SMILES string of the molecule is O=S(=O)(c1ccccc1SCCO)C(F)F. The van der Waals surface area contributed by atoms with E-state index in [9.17, 15) is 17.2 Å². The quantitative estimate of drug-likeness (QED) is 0.827. The lowest BCUT2D eigenvalue weighted by atomic mass is 10.4. The molecule has 0 aromatic heterocycles. The van der Waals surface area contributed by atoms with E-state index in [0.717, 1.165) is 17.8 Å². The zero-order valence-corrected chi connectivity index (χ0v) is 9.77. The van der Waals surface area contributed by atoms with Crippen LogP contribution < -0.4 is 0 Å². The smallest absolute Gasteiger partial charge is 0.341 e. The Bertz CT molecular complexity index is 446. The number of sulfone groups is 1. The Morgan fingerprint density at radius 2 is 1.94 bits per heavy atom. The van der Waals surface area contributed by atoms with Crippen molar-refractivity contribution in [3.05, 3.63) is 24.3 Å². The average molecular weight is 268 g/mol. The number of alkyl halides is 2. The maximum absolute atomic E-state index is 12.4. The highest BCUT2D eigenvalue weighted by Crippen LogP contribution is 2.29. The minimum Gasteiger partial charge on any atom is -0.396 e. The topological polar surface area (TPSA) is 54.4 Å². The molecule has 0 aliphatic rings. The van der Waals surface area contributed by atoms with E-state index in [1.54, 1.807) is 6.07 Å². The van der Waals surface area contributed by atoms with Crippen LogP contribution in [0.15, 0.2) is 34.1 Å². The van der Waals surface area contributed by atoms with E-state index >= 15 is 0 Å². The van der Waals surface area contributed by atoms with Crippen molar-refractivity contribution in [3.63, 3.8) is 0 Å². The Morgan fingerprint density at radius 1 is 1.31 bits per heavy atom.